The number of hydrogen-bond donors (Lipinski definition) is 0. The summed E-state index contributed by atoms with van der Waals surface area (Å²) in [7, 11) is 0. The van der Waals surface area contributed by atoms with Crippen molar-refractivity contribution in [2.45, 2.75) is 5.41 Å². The number of fused-ring (bicyclic) bond motifs is 16. The molecular weight excluding hydrogens is 915 g/mol. The van der Waals surface area contributed by atoms with Crippen molar-refractivity contribution in [3.63, 3.8) is 0 Å². The van der Waals surface area contributed by atoms with Crippen LogP contribution in [0.5, 0.6) is 0 Å². The third kappa shape index (κ3) is 6.16. The van der Waals surface area contributed by atoms with Crippen molar-refractivity contribution < 1.29 is 8.83 Å². The van der Waals surface area contributed by atoms with E-state index >= 15 is 0 Å². The molecule has 5 heteroatoms. The van der Waals surface area contributed by atoms with Gasteiger partial charge in [0.15, 0.2) is 17.5 Å². The van der Waals surface area contributed by atoms with Crippen molar-refractivity contribution in [3.8, 4) is 89.8 Å². The summed E-state index contributed by atoms with van der Waals surface area (Å²) in [5, 5.41) is 3.99. The van der Waals surface area contributed by atoms with Crippen LogP contribution in [0.2, 0.25) is 0 Å². The van der Waals surface area contributed by atoms with E-state index in [9.17, 15) is 0 Å². The average Bonchev–Trinajstić information content (AvgIpc) is 4.31. The Balaban J connectivity index is 0.822. The van der Waals surface area contributed by atoms with E-state index in [1.807, 2.05) is 48.5 Å². The molecule has 0 saturated heterocycles. The quantitative estimate of drug-likeness (QED) is 0.166. The number of furan rings is 2. The number of rotatable bonds is 6. The lowest BCUT2D eigenvalue weighted by atomic mass is 9.68. The molecule has 0 saturated carbocycles. The molecule has 0 bridgehead atoms. The summed E-state index contributed by atoms with van der Waals surface area (Å²) in [6.45, 7) is 0. The zero-order valence-electron chi connectivity index (χ0n) is 40.3. The first kappa shape index (κ1) is 41.6. The van der Waals surface area contributed by atoms with Gasteiger partial charge < -0.3 is 8.83 Å². The van der Waals surface area contributed by atoms with Crippen LogP contribution in [-0.2, 0) is 5.41 Å². The largest absolute Gasteiger partial charge is 0.456 e. The predicted octanol–water partition coefficient (Wildman–Crippen LogP) is 18.0. The SMILES string of the molecule is c1ccc(-c2ccc(-c3nc(-c4ccc5oc6ccccc6c5c4)nc(-c4cccc5oc6ccc(-c7ccc(-c8cccc9c8C8(c%10ccccc%10-c%10ccccc%108)c8ccccc8-9)cc7)cc6c45)n3)cc2)cc1. The number of benzene rings is 11. The first-order valence-electron chi connectivity index (χ1n) is 25.5. The second-order valence-electron chi connectivity index (χ2n) is 19.7. The Hall–Kier alpha value is -9.97. The van der Waals surface area contributed by atoms with Crippen LogP contribution >= 0.6 is 0 Å². The maximum absolute atomic E-state index is 6.63. The molecule has 0 radical (unpaired) electrons. The molecule has 1 spiro atoms. The lowest BCUT2D eigenvalue weighted by molar-refractivity contribution is 0.668. The van der Waals surface area contributed by atoms with E-state index in [1.54, 1.807) is 0 Å². The van der Waals surface area contributed by atoms with Crippen LogP contribution in [0.3, 0.4) is 0 Å². The van der Waals surface area contributed by atoms with Gasteiger partial charge >= 0.3 is 0 Å². The van der Waals surface area contributed by atoms with Crippen molar-refractivity contribution in [1.82, 2.24) is 15.0 Å². The van der Waals surface area contributed by atoms with Crippen LogP contribution in [0.25, 0.3) is 134 Å². The van der Waals surface area contributed by atoms with Gasteiger partial charge in [0.1, 0.15) is 22.3 Å². The van der Waals surface area contributed by atoms with Gasteiger partial charge in [0.2, 0.25) is 0 Å². The molecule has 0 N–H and O–H groups in total. The summed E-state index contributed by atoms with van der Waals surface area (Å²) in [6, 6.07) is 88.8. The Kier molecular flexibility index (Phi) is 8.89. The highest BCUT2D eigenvalue weighted by Gasteiger charge is 2.52. The van der Waals surface area contributed by atoms with Gasteiger partial charge in [0.25, 0.3) is 0 Å². The molecular formula is C70H41N3O2. The Bertz CT molecular complexity index is 4580. The maximum Gasteiger partial charge on any atom is 0.164 e. The monoisotopic (exact) mass is 955 g/mol. The molecule has 348 valence electrons. The van der Waals surface area contributed by atoms with Gasteiger partial charge in [-0.3, -0.25) is 0 Å². The fraction of sp³-hybridized carbons (Fsp3) is 0.0143. The Labute approximate surface area is 431 Å². The van der Waals surface area contributed by atoms with Crippen LogP contribution in [0.1, 0.15) is 22.3 Å². The van der Waals surface area contributed by atoms with Crippen LogP contribution in [0.4, 0.5) is 0 Å². The van der Waals surface area contributed by atoms with Crippen molar-refractivity contribution in [1.29, 1.82) is 0 Å². The summed E-state index contributed by atoms with van der Waals surface area (Å²) >= 11 is 0. The van der Waals surface area contributed by atoms with E-state index in [0.29, 0.717) is 17.5 Å². The molecule has 5 nitrogen and oxygen atoms in total. The predicted molar refractivity (Wildman–Crippen MR) is 303 cm³/mol. The van der Waals surface area contributed by atoms with Crippen LogP contribution in [0.15, 0.2) is 258 Å². The van der Waals surface area contributed by atoms with E-state index in [2.05, 4.69) is 200 Å². The molecule has 0 amide bonds. The van der Waals surface area contributed by atoms with Crippen molar-refractivity contribution >= 4 is 43.9 Å². The van der Waals surface area contributed by atoms with Crippen LogP contribution < -0.4 is 0 Å². The lowest BCUT2D eigenvalue weighted by Gasteiger charge is -2.32. The molecule has 14 aromatic rings. The fourth-order valence-electron chi connectivity index (χ4n) is 12.5. The highest BCUT2D eigenvalue weighted by atomic mass is 16.3. The fourth-order valence-corrected chi connectivity index (χ4v) is 12.5. The molecule has 0 fully saturated rings. The molecule has 2 aliphatic rings. The summed E-state index contributed by atoms with van der Waals surface area (Å²) in [6.07, 6.45) is 0. The Morgan fingerprint density at radius 2 is 0.693 bits per heavy atom. The van der Waals surface area contributed by atoms with Crippen molar-refractivity contribution in [3.05, 3.63) is 271 Å². The second-order valence-corrected chi connectivity index (χ2v) is 19.7. The first-order chi connectivity index (χ1) is 37.2. The van der Waals surface area contributed by atoms with Gasteiger partial charge in [-0.15, -0.1) is 0 Å². The van der Waals surface area contributed by atoms with Gasteiger partial charge in [-0.2, -0.15) is 0 Å². The summed E-state index contributed by atoms with van der Waals surface area (Å²) in [4.78, 5) is 15.7. The minimum absolute atomic E-state index is 0.436. The normalized spacial score (nSPS) is 12.9. The topological polar surface area (TPSA) is 65.0 Å². The summed E-state index contributed by atoms with van der Waals surface area (Å²) in [5.74, 6) is 1.71. The van der Waals surface area contributed by atoms with Gasteiger partial charge in [-0.05, 0) is 120 Å². The van der Waals surface area contributed by atoms with Gasteiger partial charge in [0.05, 0.1) is 5.41 Å². The lowest BCUT2D eigenvalue weighted by Crippen LogP contribution is -2.26. The molecule has 3 heterocycles. The van der Waals surface area contributed by atoms with Gasteiger partial charge in [-0.1, -0.05) is 206 Å². The highest BCUT2D eigenvalue weighted by Crippen LogP contribution is 2.64. The number of hydrogen-bond acceptors (Lipinski definition) is 5. The standard InChI is InChI=1S/C70H41N3O2/c1-2-14-42(15-3-1)43-30-34-46(35-31-43)67-71-68(48-37-39-62-56(41-48)53-19-7-11-26-61(53)74-62)73-69(72-67)55-22-13-27-64-65(55)57-40-47(36-38-63(57)75-64)44-28-32-45(33-29-44)49-20-12-21-54-52-18-6-10-25-60(52)70(66(49)54)58-23-8-4-16-50(58)51-17-5-9-24-59(51)70/h1-41H. The summed E-state index contributed by atoms with van der Waals surface area (Å²) < 4.78 is 12.9. The molecule has 2 aliphatic carbocycles. The Morgan fingerprint density at radius 1 is 0.253 bits per heavy atom. The average molecular weight is 956 g/mol. The molecule has 16 rings (SSSR count). The van der Waals surface area contributed by atoms with E-state index in [1.165, 1.54) is 55.6 Å². The smallest absolute Gasteiger partial charge is 0.164 e. The van der Waals surface area contributed by atoms with Crippen LogP contribution in [-0.4, -0.2) is 15.0 Å². The highest BCUT2D eigenvalue weighted by molar-refractivity contribution is 6.13. The number of para-hydroxylation sites is 1. The molecule has 3 aromatic heterocycles. The first-order valence-corrected chi connectivity index (χ1v) is 25.5. The van der Waals surface area contributed by atoms with Crippen LogP contribution in [0, 0.1) is 0 Å². The minimum atomic E-state index is -0.436. The summed E-state index contributed by atoms with van der Waals surface area (Å²) in [5.41, 5.74) is 22.9. The van der Waals surface area contributed by atoms with E-state index < -0.39 is 5.41 Å². The van der Waals surface area contributed by atoms with Gasteiger partial charge in [-0.25, -0.2) is 15.0 Å². The second kappa shape index (κ2) is 16.0. The molecule has 11 aromatic carbocycles. The van der Waals surface area contributed by atoms with Gasteiger partial charge in [0, 0.05) is 38.2 Å². The zero-order chi connectivity index (χ0) is 49.2. The number of nitrogens with zero attached hydrogens (tertiary/aromatic N) is 3. The van der Waals surface area contributed by atoms with Crippen molar-refractivity contribution in [2.24, 2.45) is 0 Å². The maximum atomic E-state index is 6.63. The Morgan fingerprint density at radius 3 is 1.43 bits per heavy atom. The minimum Gasteiger partial charge on any atom is -0.456 e. The van der Waals surface area contributed by atoms with E-state index in [0.717, 1.165) is 82.8 Å². The van der Waals surface area contributed by atoms with Crippen molar-refractivity contribution in [2.75, 3.05) is 0 Å². The third-order valence-corrected chi connectivity index (χ3v) is 15.8. The molecule has 75 heavy (non-hydrogen) atoms. The molecule has 0 aliphatic heterocycles. The van der Waals surface area contributed by atoms with E-state index in [4.69, 9.17) is 23.8 Å². The molecule has 0 atom stereocenters. The third-order valence-electron chi connectivity index (χ3n) is 15.8. The zero-order valence-corrected chi connectivity index (χ0v) is 40.3. The molecule has 0 unspecified atom stereocenters. The number of aromatic nitrogens is 3. The van der Waals surface area contributed by atoms with E-state index in [-0.39, 0.29) is 0 Å².